The Bertz CT molecular complexity index is 758. The van der Waals surface area contributed by atoms with E-state index >= 15 is 0 Å². The van der Waals surface area contributed by atoms with Gasteiger partial charge >= 0.3 is 0 Å². The first-order valence-electron chi connectivity index (χ1n) is 7.79. The van der Waals surface area contributed by atoms with Crippen LogP contribution in [0.2, 0.25) is 0 Å². The van der Waals surface area contributed by atoms with Gasteiger partial charge in [0.15, 0.2) is 9.84 Å². The molecule has 1 aliphatic rings. The maximum absolute atomic E-state index is 12.9. The van der Waals surface area contributed by atoms with E-state index < -0.39 is 38.6 Å². The number of benzene rings is 1. The minimum Gasteiger partial charge on any atom is -0.394 e. The zero-order valence-corrected chi connectivity index (χ0v) is 15.1. The Labute approximate surface area is 142 Å². The van der Waals surface area contributed by atoms with Crippen LogP contribution >= 0.6 is 0 Å². The van der Waals surface area contributed by atoms with Crippen LogP contribution in [0, 0.1) is 0 Å². The minimum absolute atomic E-state index is 0.0501. The molecule has 0 saturated carbocycles. The smallest absolute Gasteiger partial charge is 0.243 e. The van der Waals surface area contributed by atoms with Crippen LogP contribution in [0.3, 0.4) is 0 Å². The highest BCUT2D eigenvalue weighted by molar-refractivity contribution is 7.92. The molecule has 0 amide bonds. The number of rotatable bonds is 7. The third-order valence-corrected chi connectivity index (χ3v) is 7.84. The molecule has 136 valence electrons. The molecule has 0 unspecified atom stereocenters. The second-order valence-electron chi connectivity index (χ2n) is 5.97. The Kier molecular flexibility index (Phi) is 6.03. The molecule has 1 aliphatic heterocycles. The molecule has 7 nitrogen and oxygen atoms in total. The predicted octanol–water partition coefficient (Wildman–Crippen LogP) is -0.220. The van der Waals surface area contributed by atoms with E-state index in [1.807, 2.05) is 6.92 Å². The van der Waals surface area contributed by atoms with E-state index in [9.17, 15) is 21.9 Å². The SMILES string of the molecule is CCc1ccc(S(=O)(=O)N(C[C@H](O)CO)[C@@H]2CCS(=O)(=O)C2)cc1. The van der Waals surface area contributed by atoms with E-state index in [-0.39, 0.29) is 29.4 Å². The van der Waals surface area contributed by atoms with E-state index in [2.05, 4.69) is 0 Å². The second kappa shape index (κ2) is 7.49. The first-order chi connectivity index (χ1) is 11.2. The molecule has 2 rings (SSSR count). The van der Waals surface area contributed by atoms with Crippen molar-refractivity contribution in [3.8, 4) is 0 Å². The summed E-state index contributed by atoms with van der Waals surface area (Å²) >= 11 is 0. The van der Waals surface area contributed by atoms with Crippen LogP contribution in [0.15, 0.2) is 29.2 Å². The lowest BCUT2D eigenvalue weighted by molar-refractivity contribution is 0.0730. The van der Waals surface area contributed by atoms with Crippen molar-refractivity contribution in [3.63, 3.8) is 0 Å². The van der Waals surface area contributed by atoms with Gasteiger partial charge in [0.05, 0.1) is 29.1 Å². The van der Waals surface area contributed by atoms with Crippen LogP contribution in [0.25, 0.3) is 0 Å². The molecular formula is C15H23NO6S2. The molecule has 1 saturated heterocycles. The van der Waals surface area contributed by atoms with Crippen LogP contribution in [0.5, 0.6) is 0 Å². The third-order valence-electron chi connectivity index (χ3n) is 4.16. The Balaban J connectivity index is 2.36. The summed E-state index contributed by atoms with van der Waals surface area (Å²) in [5, 5.41) is 18.7. The zero-order chi connectivity index (χ0) is 18.0. The molecular weight excluding hydrogens is 354 g/mol. The third kappa shape index (κ3) is 4.34. The Morgan fingerprint density at radius 3 is 2.38 bits per heavy atom. The molecule has 24 heavy (non-hydrogen) atoms. The molecule has 1 fully saturated rings. The lowest BCUT2D eigenvalue weighted by atomic mass is 10.2. The van der Waals surface area contributed by atoms with Crippen molar-refractivity contribution in [1.29, 1.82) is 0 Å². The quantitative estimate of drug-likeness (QED) is 0.679. The number of aryl methyl sites for hydroxylation is 1. The van der Waals surface area contributed by atoms with Gasteiger partial charge in [-0.1, -0.05) is 19.1 Å². The van der Waals surface area contributed by atoms with Crippen molar-refractivity contribution in [2.24, 2.45) is 0 Å². The van der Waals surface area contributed by atoms with Crippen molar-refractivity contribution in [2.75, 3.05) is 24.7 Å². The number of hydrogen-bond acceptors (Lipinski definition) is 6. The fourth-order valence-electron chi connectivity index (χ4n) is 2.74. The summed E-state index contributed by atoms with van der Waals surface area (Å²) in [5.41, 5.74) is 0.985. The van der Waals surface area contributed by atoms with Crippen molar-refractivity contribution >= 4 is 19.9 Å². The normalized spacial score (nSPS) is 21.9. The highest BCUT2D eigenvalue weighted by Crippen LogP contribution is 2.25. The largest absolute Gasteiger partial charge is 0.394 e. The van der Waals surface area contributed by atoms with Crippen LogP contribution in [0.4, 0.5) is 0 Å². The Morgan fingerprint density at radius 2 is 1.92 bits per heavy atom. The topological polar surface area (TPSA) is 112 Å². The molecule has 0 radical (unpaired) electrons. The molecule has 1 heterocycles. The Morgan fingerprint density at radius 1 is 1.29 bits per heavy atom. The lowest BCUT2D eigenvalue weighted by Crippen LogP contribution is -2.46. The minimum atomic E-state index is -3.97. The summed E-state index contributed by atoms with van der Waals surface area (Å²) in [6.07, 6.45) is -0.307. The van der Waals surface area contributed by atoms with Crippen LogP contribution in [0.1, 0.15) is 18.9 Å². The molecule has 0 aromatic heterocycles. The van der Waals surface area contributed by atoms with Gasteiger partial charge in [-0.15, -0.1) is 0 Å². The van der Waals surface area contributed by atoms with Crippen molar-refractivity contribution < 1.29 is 27.0 Å². The fourth-order valence-corrected chi connectivity index (χ4v) is 6.26. The maximum atomic E-state index is 12.9. The second-order valence-corrected chi connectivity index (χ2v) is 10.1. The van der Waals surface area contributed by atoms with Gasteiger partial charge < -0.3 is 10.2 Å². The van der Waals surface area contributed by atoms with Gasteiger partial charge in [-0.05, 0) is 30.5 Å². The number of nitrogens with zero attached hydrogens (tertiary/aromatic N) is 1. The van der Waals surface area contributed by atoms with E-state index in [4.69, 9.17) is 5.11 Å². The van der Waals surface area contributed by atoms with E-state index in [0.29, 0.717) is 0 Å². The molecule has 0 bridgehead atoms. The van der Waals surface area contributed by atoms with E-state index in [0.717, 1.165) is 16.3 Å². The standard InChI is InChI=1S/C15H23NO6S2/c1-2-12-3-5-15(6-4-12)24(21,22)16(9-14(18)10-17)13-7-8-23(19,20)11-13/h3-6,13-14,17-18H,2,7-11H2,1H3/t13-,14+/m1/s1. The molecule has 9 heteroatoms. The average Bonchev–Trinajstić information content (AvgIpc) is 2.91. The van der Waals surface area contributed by atoms with Crippen LogP contribution in [-0.2, 0) is 26.3 Å². The van der Waals surface area contributed by atoms with Gasteiger partial charge in [-0.25, -0.2) is 16.8 Å². The summed E-state index contributed by atoms with van der Waals surface area (Å²) < 4.78 is 50.3. The summed E-state index contributed by atoms with van der Waals surface area (Å²) in [7, 11) is -7.25. The molecule has 1 aromatic carbocycles. The number of sulfonamides is 1. The van der Waals surface area contributed by atoms with Gasteiger partial charge in [0.25, 0.3) is 0 Å². The monoisotopic (exact) mass is 377 g/mol. The first kappa shape index (κ1) is 19.3. The molecule has 0 aliphatic carbocycles. The van der Waals surface area contributed by atoms with Gasteiger partial charge in [0, 0.05) is 12.6 Å². The summed E-state index contributed by atoms with van der Waals surface area (Å²) in [6.45, 7) is 1.02. The fraction of sp³-hybridized carbons (Fsp3) is 0.600. The number of sulfone groups is 1. The summed E-state index contributed by atoms with van der Waals surface area (Å²) in [5.74, 6) is -0.342. The van der Waals surface area contributed by atoms with Crippen molar-refractivity contribution in [1.82, 2.24) is 4.31 Å². The number of hydrogen-bond donors (Lipinski definition) is 2. The van der Waals surface area contributed by atoms with Gasteiger partial charge in [0.1, 0.15) is 0 Å². The molecule has 1 aromatic rings. The number of aliphatic hydroxyl groups is 2. The highest BCUT2D eigenvalue weighted by Gasteiger charge is 2.39. The maximum Gasteiger partial charge on any atom is 0.243 e. The van der Waals surface area contributed by atoms with Gasteiger partial charge in [0.2, 0.25) is 10.0 Å². The van der Waals surface area contributed by atoms with E-state index in [1.165, 1.54) is 12.1 Å². The van der Waals surface area contributed by atoms with E-state index in [1.54, 1.807) is 12.1 Å². The number of aliphatic hydroxyl groups excluding tert-OH is 2. The first-order valence-corrected chi connectivity index (χ1v) is 11.1. The van der Waals surface area contributed by atoms with Crippen LogP contribution in [-0.4, -0.2) is 68.2 Å². The summed E-state index contributed by atoms with van der Waals surface area (Å²) in [6, 6.07) is 5.65. The Hall–Kier alpha value is -1.00. The highest BCUT2D eigenvalue weighted by atomic mass is 32.2. The molecule has 2 N–H and O–H groups in total. The predicted molar refractivity (Wildman–Crippen MR) is 89.9 cm³/mol. The molecule has 0 spiro atoms. The van der Waals surface area contributed by atoms with Crippen molar-refractivity contribution in [2.45, 2.75) is 36.8 Å². The average molecular weight is 377 g/mol. The van der Waals surface area contributed by atoms with Gasteiger partial charge in [-0.2, -0.15) is 4.31 Å². The van der Waals surface area contributed by atoms with Crippen molar-refractivity contribution in [3.05, 3.63) is 29.8 Å². The van der Waals surface area contributed by atoms with Crippen LogP contribution < -0.4 is 0 Å². The molecule has 2 atom stereocenters. The van der Waals surface area contributed by atoms with Gasteiger partial charge in [-0.3, -0.25) is 0 Å². The lowest BCUT2D eigenvalue weighted by Gasteiger charge is -2.29. The zero-order valence-electron chi connectivity index (χ0n) is 13.5. The summed E-state index contributed by atoms with van der Waals surface area (Å²) in [4.78, 5) is 0.0501.